The average molecular weight is 149 g/mol. The molecule has 0 amide bonds. The normalized spacial score (nSPS) is 12.2. The van der Waals surface area contributed by atoms with Crippen LogP contribution in [0.25, 0.3) is 0 Å². The fourth-order valence-corrected chi connectivity index (χ4v) is 1.08. The maximum Gasteiger partial charge on any atom is 0.236 e. The number of nitrogens with zero attached hydrogens (tertiary/aromatic N) is 1. The fourth-order valence-electron chi connectivity index (χ4n) is 0.248. The van der Waals surface area contributed by atoms with Crippen molar-refractivity contribution in [3.8, 4) is 0 Å². The second kappa shape index (κ2) is 5.22. The summed E-state index contributed by atoms with van der Waals surface area (Å²) < 4.78 is 0. The van der Waals surface area contributed by atoms with E-state index in [4.69, 9.17) is 0 Å². The number of carbonyl (C=O) groups excluding carboxylic acids is 1. The van der Waals surface area contributed by atoms with Gasteiger partial charge in [-0.25, -0.2) is 4.79 Å². The average Bonchev–Trinajstić information content (AvgIpc) is 1.83. The summed E-state index contributed by atoms with van der Waals surface area (Å²) in [4.78, 5) is 13.0. The van der Waals surface area contributed by atoms with E-state index in [1.807, 2.05) is 6.92 Å². The van der Waals surface area contributed by atoms with E-state index in [2.05, 4.69) is 16.7 Å². The molecule has 0 aliphatic heterocycles. The smallest absolute Gasteiger partial charge is 0.211 e. The van der Waals surface area contributed by atoms with Crippen molar-refractivity contribution in [2.24, 2.45) is 4.99 Å². The molecule has 0 aliphatic carbocycles. The third-order valence-corrected chi connectivity index (χ3v) is 2.08. The second-order valence-electron chi connectivity index (χ2n) is 1.19. The van der Waals surface area contributed by atoms with Crippen LogP contribution in [0.1, 0.15) is 13.3 Å². The van der Waals surface area contributed by atoms with E-state index in [0.29, 0.717) is 0 Å². The first-order chi connectivity index (χ1) is 3.85. The second-order valence-corrected chi connectivity index (χ2v) is 2.58. The minimum atomic E-state index is -0.0177. The van der Waals surface area contributed by atoms with Gasteiger partial charge < -0.3 is 0 Å². The van der Waals surface area contributed by atoms with Crippen LogP contribution >= 0.6 is 22.5 Å². The maximum absolute atomic E-state index is 9.59. The molecule has 0 saturated carbocycles. The minimum Gasteiger partial charge on any atom is -0.211 e. The van der Waals surface area contributed by atoms with Gasteiger partial charge >= 0.3 is 0 Å². The van der Waals surface area contributed by atoms with Gasteiger partial charge in [0.15, 0.2) is 0 Å². The molecule has 8 heavy (non-hydrogen) atoms. The molecule has 0 bridgehead atoms. The van der Waals surface area contributed by atoms with Gasteiger partial charge in [-0.1, -0.05) is 17.7 Å². The third kappa shape index (κ3) is 3.13. The van der Waals surface area contributed by atoms with Crippen molar-refractivity contribution < 1.29 is 4.79 Å². The van der Waals surface area contributed by atoms with Gasteiger partial charge in [0, 0.05) is 0 Å². The molecule has 0 N–H and O–H groups in total. The molecule has 0 fully saturated rings. The van der Waals surface area contributed by atoms with E-state index in [1.165, 1.54) is 16.9 Å². The summed E-state index contributed by atoms with van der Waals surface area (Å²) in [6.45, 7) is 1.94. The summed E-state index contributed by atoms with van der Waals surface area (Å²) in [6.07, 6.45) is 2.30. The van der Waals surface area contributed by atoms with Gasteiger partial charge in [-0.15, -0.1) is 11.7 Å². The van der Waals surface area contributed by atoms with Gasteiger partial charge in [0.1, 0.15) is 5.37 Å². The topological polar surface area (TPSA) is 29.4 Å². The number of hydrogen-bond acceptors (Lipinski definition) is 4. The Morgan fingerprint density at radius 3 is 2.75 bits per heavy atom. The van der Waals surface area contributed by atoms with Crippen LogP contribution in [0.5, 0.6) is 0 Å². The molecule has 1 atom stereocenters. The fraction of sp³-hybridized carbons (Fsp3) is 0.750. The molecule has 0 spiro atoms. The highest BCUT2D eigenvalue weighted by Crippen LogP contribution is 2.17. The molecule has 2 nitrogen and oxygen atoms in total. The molecule has 0 aromatic heterocycles. The predicted octanol–water partition coefficient (Wildman–Crippen LogP) is 1.64. The van der Waals surface area contributed by atoms with Crippen LogP contribution in [0.3, 0.4) is 0 Å². The molecule has 0 aliphatic rings. The standard InChI is InChI=1S/C4H7NOS2/c1-2-4(8-7)5-3-6/h4,7H,2H2,1H3. The Morgan fingerprint density at radius 2 is 2.62 bits per heavy atom. The molecular weight excluding hydrogens is 142 g/mol. The van der Waals surface area contributed by atoms with Crippen molar-refractivity contribution in [2.75, 3.05) is 0 Å². The number of rotatable bonds is 3. The Bertz CT molecular complexity index is 96.2. The van der Waals surface area contributed by atoms with Gasteiger partial charge in [0.2, 0.25) is 6.08 Å². The molecule has 4 heteroatoms. The van der Waals surface area contributed by atoms with Gasteiger partial charge in [-0.3, -0.25) is 0 Å². The molecule has 0 heterocycles. The lowest BCUT2D eigenvalue weighted by atomic mass is 10.5. The van der Waals surface area contributed by atoms with Crippen LogP contribution in [-0.4, -0.2) is 11.5 Å². The summed E-state index contributed by atoms with van der Waals surface area (Å²) in [5.41, 5.74) is 0. The van der Waals surface area contributed by atoms with E-state index in [9.17, 15) is 4.79 Å². The van der Waals surface area contributed by atoms with Crippen LogP contribution in [0.4, 0.5) is 0 Å². The molecule has 0 saturated heterocycles. The number of hydrogen-bond donors (Lipinski definition) is 1. The van der Waals surface area contributed by atoms with Crippen molar-refractivity contribution in [2.45, 2.75) is 18.7 Å². The first-order valence-corrected chi connectivity index (χ1v) is 4.15. The lowest BCUT2D eigenvalue weighted by Crippen LogP contribution is -1.90. The monoisotopic (exact) mass is 149 g/mol. The SMILES string of the molecule is CCC(N=C=O)SS. The highest BCUT2D eigenvalue weighted by molar-refractivity contribution is 8.68. The number of isocyanates is 1. The van der Waals surface area contributed by atoms with Gasteiger partial charge in [0.05, 0.1) is 0 Å². The number of aliphatic imine (C=N–C) groups is 1. The van der Waals surface area contributed by atoms with Crippen LogP contribution in [0.15, 0.2) is 4.99 Å². The van der Waals surface area contributed by atoms with E-state index in [-0.39, 0.29) is 5.37 Å². The molecule has 0 aromatic rings. The van der Waals surface area contributed by atoms with E-state index in [0.717, 1.165) is 6.42 Å². The van der Waals surface area contributed by atoms with E-state index < -0.39 is 0 Å². The van der Waals surface area contributed by atoms with Gasteiger partial charge in [0.25, 0.3) is 0 Å². The summed E-state index contributed by atoms with van der Waals surface area (Å²) in [5.74, 6) is 0. The lowest BCUT2D eigenvalue weighted by Gasteiger charge is -1.97. The van der Waals surface area contributed by atoms with Crippen molar-refractivity contribution in [1.82, 2.24) is 0 Å². The van der Waals surface area contributed by atoms with Crippen molar-refractivity contribution in [1.29, 1.82) is 0 Å². The van der Waals surface area contributed by atoms with E-state index >= 15 is 0 Å². The van der Waals surface area contributed by atoms with Crippen LogP contribution in [0, 0.1) is 0 Å². The molecule has 0 aromatic carbocycles. The largest absolute Gasteiger partial charge is 0.236 e. The van der Waals surface area contributed by atoms with Gasteiger partial charge in [-0.2, -0.15) is 4.99 Å². The molecule has 46 valence electrons. The molecule has 0 rings (SSSR count). The van der Waals surface area contributed by atoms with Crippen molar-refractivity contribution >= 4 is 28.5 Å². The third-order valence-electron chi connectivity index (χ3n) is 0.668. The lowest BCUT2D eigenvalue weighted by molar-refractivity contribution is 0.562. The van der Waals surface area contributed by atoms with Gasteiger partial charge in [-0.05, 0) is 6.42 Å². The Kier molecular flexibility index (Phi) is 5.27. The molecule has 1 unspecified atom stereocenters. The first kappa shape index (κ1) is 8.08. The van der Waals surface area contributed by atoms with E-state index in [1.54, 1.807) is 0 Å². The first-order valence-electron chi connectivity index (χ1n) is 2.22. The predicted molar refractivity (Wildman–Crippen MR) is 38.8 cm³/mol. The quantitative estimate of drug-likeness (QED) is 0.286. The zero-order valence-corrected chi connectivity index (χ0v) is 6.21. The maximum atomic E-state index is 9.59. The minimum absolute atomic E-state index is 0.0177. The van der Waals surface area contributed by atoms with Crippen LogP contribution < -0.4 is 0 Å². The van der Waals surface area contributed by atoms with Crippen LogP contribution in [0.2, 0.25) is 0 Å². The van der Waals surface area contributed by atoms with Crippen molar-refractivity contribution in [3.05, 3.63) is 0 Å². The zero-order valence-electron chi connectivity index (χ0n) is 4.50. The van der Waals surface area contributed by atoms with Crippen molar-refractivity contribution in [3.63, 3.8) is 0 Å². The summed E-state index contributed by atoms with van der Waals surface area (Å²) in [7, 11) is 1.26. The Hall–Kier alpha value is 0.0800. The zero-order chi connectivity index (χ0) is 6.41. The molecular formula is C4H7NOS2. The Labute approximate surface area is 57.6 Å². The highest BCUT2D eigenvalue weighted by Gasteiger charge is 1.97. The summed E-state index contributed by atoms with van der Waals surface area (Å²) >= 11 is 3.87. The molecule has 0 radical (unpaired) electrons. The summed E-state index contributed by atoms with van der Waals surface area (Å²) in [5, 5.41) is -0.0177. The Morgan fingerprint density at radius 1 is 2.00 bits per heavy atom. The number of thiol groups is 1. The highest BCUT2D eigenvalue weighted by atomic mass is 33.1. The van der Waals surface area contributed by atoms with Crippen LogP contribution in [-0.2, 0) is 4.79 Å². The summed E-state index contributed by atoms with van der Waals surface area (Å²) in [6, 6.07) is 0. The Balaban J connectivity index is 3.52.